The Morgan fingerprint density at radius 3 is 2.38 bits per heavy atom. The highest BCUT2D eigenvalue weighted by atomic mass is 16.5. The molecule has 0 bridgehead atoms. The number of amides is 1. The SMILES string of the molecule is COc1cccc(CC(=O)Nc2ccc(-c3ccc4ncc(N5CCN(c6ccncc6)CC5)nc4c3)cc2)c1. The highest BCUT2D eigenvalue weighted by Crippen LogP contribution is 2.26. The molecule has 200 valence electrons. The summed E-state index contributed by atoms with van der Waals surface area (Å²) in [4.78, 5) is 31.0. The van der Waals surface area contributed by atoms with Gasteiger partial charge in [-0.3, -0.25) is 14.8 Å². The molecule has 0 saturated carbocycles. The monoisotopic (exact) mass is 530 g/mol. The molecule has 1 aliphatic heterocycles. The van der Waals surface area contributed by atoms with Crippen molar-refractivity contribution in [3.05, 3.63) is 103 Å². The molecule has 3 aromatic carbocycles. The molecule has 1 fully saturated rings. The minimum atomic E-state index is -0.0730. The summed E-state index contributed by atoms with van der Waals surface area (Å²) in [5.41, 5.74) is 6.69. The number of carbonyl (C=O) groups is 1. The van der Waals surface area contributed by atoms with Crippen LogP contribution in [0.4, 0.5) is 17.2 Å². The number of carbonyl (C=O) groups excluding carboxylic acids is 1. The zero-order valence-corrected chi connectivity index (χ0v) is 22.3. The van der Waals surface area contributed by atoms with Crippen molar-refractivity contribution in [3.8, 4) is 16.9 Å². The van der Waals surface area contributed by atoms with Crippen LogP contribution in [-0.2, 0) is 11.2 Å². The molecule has 8 heteroatoms. The van der Waals surface area contributed by atoms with Crippen LogP contribution in [-0.4, -0.2) is 54.1 Å². The zero-order chi connectivity index (χ0) is 27.3. The summed E-state index contributed by atoms with van der Waals surface area (Å²) in [6.45, 7) is 3.61. The molecule has 5 aromatic rings. The Hall–Kier alpha value is -4.98. The first-order chi connectivity index (χ1) is 19.6. The lowest BCUT2D eigenvalue weighted by Crippen LogP contribution is -2.46. The van der Waals surface area contributed by atoms with Crippen LogP contribution in [0.25, 0.3) is 22.2 Å². The van der Waals surface area contributed by atoms with E-state index in [0.29, 0.717) is 0 Å². The van der Waals surface area contributed by atoms with E-state index in [9.17, 15) is 4.79 Å². The van der Waals surface area contributed by atoms with Gasteiger partial charge >= 0.3 is 0 Å². The summed E-state index contributed by atoms with van der Waals surface area (Å²) in [5, 5.41) is 2.98. The van der Waals surface area contributed by atoms with E-state index in [1.54, 1.807) is 7.11 Å². The van der Waals surface area contributed by atoms with Gasteiger partial charge in [0.15, 0.2) is 0 Å². The first-order valence-corrected chi connectivity index (χ1v) is 13.3. The standard InChI is InChI=1S/C32H30N6O2/c1-40-28-4-2-3-23(19-28)20-32(39)35-26-8-5-24(6-9-26)25-7-10-29-30(21-25)36-31(22-34-29)38-17-15-37(16-18-38)27-11-13-33-14-12-27/h2-14,19,21-22H,15-18,20H2,1H3,(H,35,39). The highest BCUT2D eigenvalue weighted by molar-refractivity contribution is 5.92. The predicted molar refractivity (Wildman–Crippen MR) is 159 cm³/mol. The molecular weight excluding hydrogens is 500 g/mol. The molecule has 0 atom stereocenters. The lowest BCUT2D eigenvalue weighted by Gasteiger charge is -2.36. The molecular formula is C32H30N6O2. The number of nitrogens with zero attached hydrogens (tertiary/aromatic N) is 5. The Kier molecular flexibility index (Phi) is 7.22. The summed E-state index contributed by atoms with van der Waals surface area (Å²) in [6.07, 6.45) is 5.82. The number of ether oxygens (including phenoxy) is 1. The first kappa shape index (κ1) is 25.3. The van der Waals surface area contributed by atoms with Gasteiger partial charge in [0, 0.05) is 49.9 Å². The molecule has 6 rings (SSSR count). The second kappa shape index (κ2) is 11.4. The number of anilines is 3. The number of aromatic nitrogens is 3. The van der Waals surface area contributed by atoms with Crippen LogP contribution in [0, 0.1) is 0 Å². The summed E-state index contributed by atoms with van der Waals surface area (Å²) in [7, 11) is 1.62. The first-order valence-electron chi connectivity index (χ1n) is 13.3. The number of fused-ring (bicyclic) bond motifs is 1. The van der Waals surface area contributed by atoms with Gasteiger partial charge in [0.2, 0.25) is 5.91 Å². The maximum atomic E-state index is 12.6. The van der Waals surface area contributed by atoms with Crippen molar-refractivity contribution >= 4 is 34.1 Å². The van der Waals surface area contributed by atoms with Crippen LogP contribution in [0.2, 0.25) is 0 Å². The maximum Gasteiger partial charge on any atom is 0.228 e. The Bertz CT molecular complexity index is 1620. The van der Waals surface area contributed by atoms with E-state index < -0.39 is 0 Å². The van der Waals surface area contributed by atoms with E-state index >= 15 is 0 Å². The van der Waals surface area contributed by atoms with Gasteiger partial charge in [0.1, 0.15) is 11.6 Å². The van der Waals surface area contributed by atoms with E-state index in [4.69, 9.17) is 9.72 Å². The Labute approximate surface area is 233 Å². The largest absolute Gasteiger partial charge is 0.497 e. The van der Waals surface area contributed by atoms with Crippen LogP contribution >= 0.6 is 0 Å². The summed E-state index contributed by atoms with van der Waals surface area (Å²) >= 11 is 0. The normalized spacial score (nSPS) is 13.3. The molecule has 1 saturated heterocycles. The average molecular weight is 531 g/mol. The summed E-state index contributed by atoms with van der Waals surface area (Å²) < 4.78 is 5.25. The molecule has 1 N–H and O–H groups in total. The van der Waals surface area contributed by atoms with Crippen LogP contribution in [0.3, 0.4) is 0 Å². The molecule has 2 aromatic heterocycles. The topological polar surface area (TPSA) is 83.5 Å². The van der Waals surface area contributed by atoms with Gasteiger partial charge in [-0.1, -0.05) is 30.3 Å². The van der Waals surface area contributed by atoms with Crippen LogP contribution < -0.4 is 19.9 Å². The summed E-state index contributed by atoms with van der Waals surface area (Å²) in [6, 6.07) is 25.7. The van der Waals surface area contributed by atoms with Crippen molar-refractivity contribution in [1.82, 2.24) is 15.0 Å². The van der Waals surface area contributed by atoms with E-state index in [1.165, 1.54) is 5.69 Å². The number of hydrogen-bond acceptors (Lipinski definition) is 7. The lowest BCUT2D eigenvalue weighted by atomic mass is 10.0. The van der Waals surface area contributed by atoms with Crippen LogP contribution in [0.15, 0.2) is 97.5 Å². The third kappa shape index (κ3) is 5.71. The van der Waals surface area contributed by atoms with Gasteiger partial charge in [-0.25, -0.2) is 4.98 Å². The van der Waals surface area contributed by atoms with Gasteiger partial charge in [0.25, 0.3) is 0 Å². The summed E-state index contributed by atoms with van der Waals surface area (Å²) in [5.74, 6) is 1.56. The lowest BCUT2D eigenvalue weighted by molar-refractivity contribution is -0.115. The van der Waals surface area contributed by atoms with Gasteiger partial charge < -0.3 is 19.9 Å². The average Bonchev–Trinajstić information content (AvgIpc) is 3.01. The van der Waals surface area contributed by atoms with Crippen molar-refractivity contribution in [2.45, 2.75) is 6.42 Å². The molecule has 1 aliphatic rings. The Balaban J connectivity index is 1.12. The zero-order valence-electron chi connectivity index (χ0n) is 22.3. The Morgan fingerprint density at radius 1 is 0.850 bits per heavy atom. The fourth-order valence-corrected chi connectivity index (χ4v) is 5.00. The number of piperazine rings is 1. The third-order valence-electron chi connectivity index (χ3n) is 7.16. The molecule has 0 spiro atoms. The minimum Gasteiger partial charge on any atom is -0.497 e. The predicted octanol–water partition coefficient (Wildman–Crippen LogP) is 5.21. The quantitative estimate of drug-likeness (QED) is 0.309. The maximum absolute atomic E-state index is 12.6. The molecule has 1 amide bonds. The molecule has 8 nitrogen and oxygen atoms in total. The highest BCUT2D eigenvalue weighted by Gasteiger charge is 2.19. The number of hydrogen-bond donors (Lipinski definition) is 1. The number of benzene rings is 3. The van der Waals surface area contributed by atoms with E-state index in [1.807, 2.05) is 73.2 Å². The van der Waals surface area contributed by atoms with Crippen LogP contribution in [0.1, 0.15) is 5.56 Å². The molecule has 0 radical (unpaired) electrons. The van der Waals surface area contributed by atoms with Crippen molar-refractivity contribution < 1.29 is 9.53 Å². The van der Waals surface area contributed by atoms with Gasteiger partial charge in [-0.2, -0.15) is 0 Å². The molecule has 0 unspecified atom stereocenters. The van der Waals surface area contributed by atoms with Gasteiger partial charge in [-0.15, -0.1) is 0 Å². The molecule has 3 heterocycles. The number of methoxy groups -OCH3 is 1. The van der Waals surface area contributed by atoms with Gasteiger partial charge in [-0.05, 0) is 65.2 Å². The van der Waals surface area contributed by atoms with Crippen molar-refractivity contribution in [3.63, 3.8) is 0 Å². The Morgan fingerprint density at radius 2 is 1.60 bits per heavy atom. The third-order valence-corrected chi connectivity index (χ3v) is 7.16. The fourth-order valence-electron chi connectivity index (χ4n) is 5.00. The molecule has 0 aliphatic carbocycles. The number of nitrogens with one attached hydrogen (secondary N) is 1. The van der Waals surface area contributed by atoms with Crippen molar-refractivity contribution in [2.24, 2.45) is 0 Å². The smallest absolute Gasteiger partial charge is 0.228 e. The van der Waals surface area contributed by atoms with Crippen LogP contribution in [0.5, 0.6) is 5.75 Å². The number of pyridine rings is 1. The number of rotatable bonds is 7. The minimum absolute atomic E-state index is 0.0730. The van der Waals surface area contributed by atoms with Crippen molar-refractivity contribution in [1.29, 1.82) is 0 Å². The van der Waals surface area contributed by atoms with Gasteiger partial charge in [0.05, 0.1) is 30.8 Å². The molecule has 40 heavy (non-hydrogen) atoms. The van der Waals surface area contributed by atoms with E-state index in [2.05, 4.69) is 49.4 Å². The fraction of sp³-hybridized carbons (Fsp3) is 0.188. The van der Waals surface area contributed by atoms with E-state index in [0.717, 1.165) is 71.2 Å². The second-order valence-electron chi connectivity index (χ2n) is 9.77. The second-order valence-corrected chi connectivity index (χ2v) is 9.77. The van der Waals surface area contributed by atoms with E-state index in [-0.39, 0.29) is 12.3 Å². The van der Waals surface area contributed by atoms with Crippen molar-refractivity contribution in [2.75, 3.05) is 48.4 Å².